The van der Waals surface area contributed by atoms with Gasteiger partial charge in [-0.1, -0.05) is 17.7 Å². The zero-order valence-corrected chi connectivity index (χ0v) is 37.9. The molecule has 0 bridgehead atoms. The summed E-state index contributed by atoms with van der Waals surface area (Å²) in [5.74, 6) is -7.99. The summed E-state index contributed by atoms with van der Waals surface area (Å²) in [7, 11) is -2.10. The van der Waals surface area contributed by atoms with Gasteiger partial charge in [-0.25, -0.2) is 51.5 Å². The number of carbonyl (C=O) groups is 6. The van der Waals surface area contributed by atoms with Crippen LogP contribution in [0.2, 0.25) is 5.02 Å². The fraction of sp³-hybridized carbons (Fsp3) is 0.268. The van der Waals surface area contributed by atoms with Crippen molar-refractivity contribution in [2.45, 2.75) is 42.7 Å². The second kappa shape index (κ2) is 24.4. The number of benzene rings is 2. The van der Waals surface area contributed by atoms with Gasteiger partial charge in [-0.2, -0.15) is 8.75 Å². The van der Waals surface area contributed by atoms with E-state index in [1.165, 1.54) is 24.5 Å². The Morgan fingerprint density at radius 2 is 1.28 bits per heavy atom. The summed E-state index contributed by atoms with van der Waals surface area (Å²) in [4.78, 5) is 70.9. The summed E-state index contributed by atoms with van der Waals surface area (Å²) in [6, 6.07) is 8.16. The average molecular weight is 1000 g/mol. The highest BCUT2D eigenvalue weighted by Gasteiger charge is 2.30. The molecular weight excluding hydrogens is 961 g/mol. The summed E-state index contributed by atoms with van der Waals surface area (Å²) in [6.45, 7) is 4.42. The van der Waals surface area contributed by atoms with Crippen LogP contribution in [0.4, 0.5) is 15.9 Å². The van der Waals surface area contributed by atoms with Crippen LogP contribution in [0.1, 0.15) is 31.7 Å². The number of sulfonamides is 1. The van der Waals surface area contributed by atoms with Crippen molar-refractivity contribution in [3.8, 4) is 11.1 Å². The lowest BCUT2D eigenvalue weighted by molar-refractivity contribution is -0.134. The number of hydrogen-bond donors (Lipinski definition) is 8. The number of nitrogen functional groups attached to an aromatic ring is 1. The number of anilines is 2. The monoisotopic (exact) mass is 1000 g/mol. The number of nitrogens with zero attached hydrogens (tertiary/aromatic N) is 7. The number of carboxylic acid groups (broad SMARTS) is 6. The lowest BCUT2D eigenvalue weighted by Crippen LogP contribution is -2.49. The van der Waals surface area contributed by atoms with E-state index in [1.54, 1.807) is 12.1 Å². The van der Waals surface area contributed by atoms with Crippen molar-refractivity contribution >= 4 is 103 Å². The van der Waals surface area contributed by atoms with Crippen molar-refractivity contribution in [3.05, 3.63) is 90.2 Å². The zero-order chi connectivity index (χ0) is 50.3. The molecule has 5 aromatic rings. The lowest BCUT2D eigenvalue weighted by Gasteiger charge is -2.41. The summed E-state index contributed by atoms with van der Waals surface area (Å²) in [5, 5.41) is 47.5. The van der Waals surface area contributed by atoms with E-state index < -0.39 is 51.7 Å². The van der Waals surface area contributed by atoms with Gasteiger partial charge in [-0.3, -0.25) is 9.62 Å². The Morgan fingerprint density at radius 3 is 1.78 bits per heavy atom. The van der Waals surface area contributed by atoms with Crippen LogP contribution in [0.5, 0.6) is 0 Å². The Labute approximate surface area is 394 Å². The van der Waals surface area contributed by atoms with Crippen LogP contribution in [0.3, 0.4) is 0 Å². The minimum absolute atomic E-state index is 0.0319. The Bertz CT molecular complexity index is 2750. The van der Waals surface area contributed by atoms with Crippen molar-refractivity contribution in [2.24, 2.45) is 0 Å². The normalized spacial score (nSPS) is 16.6. The van der Waals surface area contributed by atoms with Crippen molar-refractivity contribution < 1.29 is 72.2 Å². The molecule has 362 valence electrons. The Hall–Kier alpha value is -7.39. The van der Waals surface area contributed by atoms with Gasteiger partial charge in [0.2, 0.25) is 0 Å². The van der Waals surface area contributed by atoms with Crippen LogP contribution in [-0.2, 0) is 38.8 Å². The van der Waals surface area contributed by atoms with Gasteiger partial charge in [0.15, 0.2) is 0 Å². The SMILES string of the molecule is CN1CCN(C2CCC(n3cc(-c4ccc(NS(=O)(=O)c5c(Cl)ccc6nsnc56)c(F)c4)c4c(N)ncnc43)CC2)CC1.O=C(O)/C=C\C(=O)O.O=C(O)/C=C\C(=O)O.O=C(O)/C=C\C(=O)O. The molecule has 1 saturated heterocycles. The summed E-state index contributed by atoms with van der Waals surface area (Å²) < 4.78 is 54.8. The van der Waals surface area contributed by atoms with Crippen molar-refractivity contribution in [3.63, 3.8) is 0 Å². The molecule has 2 aliphatic rings. The smallest absolute Gasteiger partial charge is 0.328 e. The second-order valence-corrected chi connectivity index (χ2v) is 17.1. The van der Waals surface area contributed by atoms with Gasteiger partial charge in [-0.15, -0.1) is 0 Å². The first-order chi connectivity index (χ1) is 32.1. The van der Waals surface area contributed by atoms with Crippen LogP contribution in [0.15, 0.2) is 84.2 Å². The van der Waals surface area contributed by atoms with Gasteiger partial charge in [0.1, 0.15) is 39.5 Å². The molecule has 7 rings (SSSR count). The molecule has 2 fully saturated rings. The van der Waals surface area contributed by atoms with Crippen LogP contribution < -0.4 is 10.5 Å². The number of nitrogens with one attached hydrogen (secondary N) is 1. The molecule has 0 atom stereocenters. The maximum atomic E-state index is 15.6. The third-order valence-electron chi connectivity index (χ3n) is 9.98. The predicted molar refractivity (Wildman–Crippen MR) is 244 cm³/mol. The molecule has 2 aromatic carbocycles. The first kappa shape index (κ1) is 53.2. The van der Waals surface area contributed by atoms with Crippen LogP contribution in [0, 0.1) is 5.82 Å². The third kappa shape index (κ3) is 15.3. The quantitative estimate of drug-likeness (QED) is 0.0814. The molecule has 4 heterocycles. The van der Waals surface area contributed by atoms with Gasteiger partial charge < -0.3 is 45.8 Å². The molecule has 23 nitrogen and oxygen atoms in total. The summed E-state index contributed by atoms with van der Waals surface area (Å²) in [5.41, 5.74) is 8.58. The molecule has 0 unspecified atom stereocenters. The maximum Gasteiger partial charge on any atom is 0.328 e. The Balaban J connectivity index is 0.000000346. The van der Waals surface area contributed by atoms with Crippen LogP contribution >= 0.6 is 23.3 Å². The molecule has 0 spiro atoms. The Kier molecular flexibility index (Phi) is 19.1. The fourth-order valence-corrected chi connectivity index (χ4v) is 9.29. The van der Waals surface area contributed by atoms with E-state index in [2.05, 4.69) is 44.9 Å². The van der Waals surface area contributed by atoms with E-state index in [0.717, 1.165) is 63.6 Å². The van der Waals surface area contributed by atoms with E-state index in [4.69, 9.17) is 48.0 Å². The number of hydrogen-bond acceptors (Lipinski definition) is 16. The van der Waals surface area contributed by atoms with Crippen LogP contribution in [0.25, 0.3) is 33.2 Å². The van der Waals surface area contributed by atoms with Gasteiger partial charge in [0.05, 0.1) is 27.8 Å². The molecule has 3 aromatic heterocycles. The van der Waals surface area contributed by atoms with E-state index in [0.29, 0.717) is 76.0 Å². The van der Waals surface area contributed by atoms with Crippen LogP contribution in [-0.4, -0.2) is 147 Å². The predicted octanol–water partition coefficient (Wildman–Crippen LogP) is 4.15. The first-order valence-electron chi connectivity index (χ1n) is 19.8. The number of fused-ring (bicyclic) bond motifs is 2. The Morgan fingerprint density at radius 1 is 0.765 bits per heavy atom. The number of piperazine rings is 1. The molecule has 1 aliphatic heterocycles. The molecule has 9 N–H and O–H groups in total. The van der Waals surface area contributed by atoms with E-state index in [9.17, 15) is 37.2 Å². The molecule has 0 radical (unpaired) electrons. The number of likely N-dealkylation sites (N-methyl/N-ethyl adjacent to an activating group) is 1. The number of nitrogens with two attached hydrogens (primary N) is 1. The molecule has 68 heavy (non-hydrogen) atoms. The number of aromatic nitrogens is 5. The highest BCUT2D eigenvalue weighted by Crippen LogP contribution is 2.40. The zero-order valence-electron chi connectivity index (χ0n) is 35.5. The average Bonchev–Trinajstić information content (AvgIpc) is 3.92. The van der Waals surface area contributed by atoms with E-state index in [-0.39, 0.29) is 27.2 Å². The summed E-state index contributed by atoms with van der Waals surface area (Å²) in [6.07, 6.45) is 11.0. The number of carboxylic acids is 6. The van der Waals surface area contributed by atoms with Crippen molar-refractivity contribution in [1.29, 1.82) is 0 Å². The van der Waals surface area contributed by atoms with Gasteiger partial charge in [0.25, 0.3) is 10.0 Å². The molecule has 27 heteroatoms. The summed E-state index contributed by atoms with van der Waals surface area (Å²) >= 11 is 7.11. The highest BCUT2D eigenvalue weighted by molar-refractivity contribution is 7.93. The standard InChI is InChI=1S/C29H31ClFN9O2S2.3C4H4O4/c1-38-10-12-39(13-11-38)18-3-5-19(6-4-18)40-15-20(25-28(32)33-16-34-29(25)40)17-2-8-23(22(31)14-17)37-44(41,42)27-21(30)7-9-24-26(27)36-43-35-24;3*5-3(6)1-2-4(7)8/h2,7-9,14-16,18-19,37H,3-6,10-13H2,1H3,(H2,32,33,34);3*1-2H,(H,5,6)(H,7,8)/b;3*2-1-. The highest BCUT2D eigenvalue weighted by atomic mass is 35.5. The third-order valence-corrected chi connectivity index (χ3v) is 12.4. The number of halogens is 2. The van der Waals surface area contributed by atoms with Gasteiger partial charge >= 0.3 is 35.8 Å². The molecule has 1 aliphatic carbocycles. The maximum absolute atomic E-state index is 15.6. The van der Waals surface area contributed by atoms with Gasteiger partial charge in [0, 0.05) is 86.5 Å². The first-order valence-corrected chi connectivity index (χ1v) is 22.4. The molecular formula is C41H43ClFN9O14S2. The fourth-order valence-electron chi connectivity index (χ4n) is 6.94. The van der Waals surface area contributed by atoms with Crippen molar-refractivity contribution in [2.75, 3.05) is 43.7 Å². The topological polar surface area (TPSA) is 359 Å². The largest absolute Gasteiger partial charge is 0.478 e. The number of rotatable bonds is 12. The minimum atomic E-state index is -4.28. The number of aliphatic carboxylic acids is 6. The molecule has 0 amide bonds. The van der Waals surface area contributed by atoms with Crippen molar-refractivity contribution in [1.82, 2.24) is 33.1 Å². The lowest BCUT2D eigenvalue weighted by atomic mass is 9.89. The molecule has 1 saturated carbocycles. The van der Waals surface area contributed by atoms with E-state index in [1.807, 2.05) is 6.20 Å². The minimum Gasteiger partial charge on any atom is -0.478 e. The van der Waals surface area contributed by atoms with E-state index >= 15 is 4.39 Å². The van der Waals surface area contributed by atoms with Gasteiger partial charge in [-0.05, 0) is 62.6 Å². The second-order valence-electron chi connectivity index (χ2n) is 14.5.